The van der Waals surface area contributed by atoms with Crippen LogP contribution in [0.15, 0.2) is 41.3 Å². The summed E-state index contributed by atoms with van der Waals surface area (Å²) in [6.45, 7) is 6.80. The number of hydrogen-bond donors (Lipinski definition) is 4. The van der Waals surface area contributed by atoms with E-state index in [1.807, 2.05) is 17.0 Å². The topological polar surface area (TPSA) is 186 Å². The molecule has 7 N–H and O–H groups in total. The fourth-order valence-corrected chi connectivity index (χ4v) is 5.82. The van der Waals surface area contributed by atoms with Crippen LogP contribution in [0.2, 0.25) is 0 Å². The summed E-state index contributed by atoms with van der Waals surface area (Å²) in [5.41, 5.74) is 18.1. The molecule has 0 radical (unpaired) electrons. The van der Waals surface area contributed by atoms with Gasteiger partial charge in [-0.25, -0.2) is 9.59 Å². The van der Waals surface area contributed by atoms with Gasteiger partial charge in [0.1, 0.15) is 5.82 Å². The number of benzene rings is 1. The van der Waals surface area contributed by atoms with Gasteiger partial charge in [0, 0.05) is 50.9 Å². The standard InChI is InChI=1S/C28H39N9O4/c1-27(2,31)24(39)34-9-11-35(12-10-34)25(40)32-22-7-8-37(26(41)33-22)20-5-3-18(4-6-20)13-21(30)23(38)36-15-19-14-28(19,16-29)17-36/h3-8,19,21H,9-17,29-31H2,1-2H3,(H,32,33,40,41). The van der Waals surface area contributed by atoms with Gasteiger partial charge >= 0.3 is 11.7 Å². The number of carbonyl (C=O) groups is 3. The number of amides is 4. The summed E-state index contributed by atoms with van der Waals surface area (Å²) >= 11 is 0. The Kier molecular flexibility index (Phi) is 7.62. The Morgan fingerprint density at radius 2 is 1.73 bits per heavy atom. The van der Waals surface area contributed by atoms with Gasteiger partial charge in [0.15, 0.2) is 0 Å². The van der Waals surface area contributed by atoms with E-state index in [4.69, 9.17) is 17.2 Å². The molecule has 1 aromatic heterocycles. The lowest BCUT2D eigenvalue weighted by Gasteiger charge is -2.37. The normalized spacial score (nSPS) is 22.8. The summed E-state index contributed by atoms with van der Waals surface area (Å²) in [6, 6.07) is 7.72. The van der Waals surface area contributed by atoms with E-state index < -0.39 is 23.3 Å². The van der Waals surface area contributed by atoms with Gasteiger partial charge in [0.2, 0.25) is 11.8 Å². The minimum atomic E-state index is -0.965. The van der Waals surface area contributed by atoms with Crippen LogP contribution in [-0.2, 0) is 16.0 Å². The summed E-state index contributed by atoms with van der Waals surface area (Å²) in [5.74, 6) is 0.426. The van der Waals surface area contributed by atoms with Crippen LogP contribution in [-0.4, -0.2) is 99.5 Å². The van der Waals surface area contributed by atoms with Crippen molar-refractivity contribution in [3.63, 3.8) is 0 Å². The van der Waals surface area contributed by atoms with Crippen LogP contribution in [0.25, 0.3) is 5.69 Å². The molecule has 1 saturated carbocycles. The second-order valence-electron chi connectivity index (χ2n) is 12.1. The van der Waals surface area contributed by atoms with Gasteiger partial charge in [-0.05, 0) is 62.9 Å². The first-order valence-electron chi connectivity index (χ1n) is 14.0. The molecule has 3 unspecified atom stereocenters. The minimum absolute atomic E-state index is 0.0537. The molecule has 13 heteroatoms. The first-order valence-corrected chi connectivity index (χ1v) is 14.0. The number of likely N-dealkylation sites (tertiary alicyclic amines) is 1. The second kappa shape index (κ2) is 10.9. The number of fused-ring (bicyclic) bond motifs is 1. The Morgan fingerprint density at radius 1 is 1.07 bits per heavy atom. The van der Waals surface area contributed by atoms with Crippen molar-refractivity contribution in [1.82, 2.24) is 24.3 Å². The Hall–Kier alpha value is -3.81. The lowest BCUT2D eigenvalue weighted by molar-refractivity contribution is -0.137. The molecule has 3 heterocycles. The van der Waals surface area contributed by atoms with Gasteiger partial charge < -0.3 is 31.9 Å². The van der Waals surface area contributed by atoms with Gasteiger partial charge in [0.25, 0.3) is 0 Å². The van der Waals surface area contributed by atoms with Crippen molar-refractivity contribution >= 4 is 23.7 Å². The third-order valence-corrected chi connectivity index (χ3v) is 8.45. The molecule has 5 rings (SSSR count). The average molecular weight is 566 g/mol. The largest absolute Gasteiger partial charge is 0.354 e. The first kappa shape index (κ1) is 28.7. The highest BCUT2D eigenvalue weighted by molar-refractivity contribution is 5.89. The molecule has 220 valence electrons. The van der Waals surface area contributed by atoms with Crippen LogP contribution in [0.4, 0.5) is 10.6 Å². The van der Waals surface area contributed by atoms with Crippen LogP contribution in [0, 0.1) is 11.3 Å². The lowest BCUT2D eigenvalue weighted by Crippen LogP contribution is -2.58. The van der Waals surface area contributed by atoms with E-state index in [1.165, 1.54) is 4.57 Å². The van der Waals surface area contributed by atoms with Crippen molar-refractivity contribution in [3.8, 4) is 5.69 Å². The number of urea groups is 1. The fourth-order valence-electron chi connectivity index (χ4n) is 5.82. The van der Waals surface area contributed by atoms with Crippen LogP contribution >= 0.6 is 0 Å². The predicted molar refractivity (Wildman–Crippen MR) is 153 cm³/mol. The van der Waals surface area contributed by atoms with E-state index >= 15 is 0 Å². The van der Waals surface area contributed by atoms with Gasteiger partial charge in [-0.1, -0.05) is 12.1 Å². The summed E-state index contributed by atoms with van der Waals surface area (Å²) in [6.07, 6.45) is 3.03. The van der Waals surface area contributed by atoms with Crippen LogP contribution in [0.3, 0.4) is 0 Å². The SMILES string of the molecule is CC(C)(N)C(=O)N1CCN(C(=O)Nc2ccn(-c3ccc(CC(N)C(=O)N4CC5CC5(CN)C4)cc3)c(=O)n2)CC1. The molecule has 0 spiro atoms. The number of hydrogen-bond acceptors (Lipinski definition) is 8. The van der Waals surface area contributed by atoms with Crippen LogP contribution < -0.4 is 28.2 Å². The zero-order valence-electron chi connectivity index (χ0n) is 23.6. The van der Waals surface area contributed by atoms with Crippen molar-refractivity contribution in [2.45, 2.75) is 38.3 Å². The van der Waals surface area contributed by atoms with Gasteiger partial charge in [-0.15, -0.1) is 0 Å². The quantitative estimate of drug-likeness (QED) is 0.340. The van der Waals surface area contributed by atoms with Crippen molar-refractivity contribution < 1.29 is 14.4 Å². The second-order valence-corrected chi connectivity index (χ2v) is 12.1. The number of nitrogens with one attached hydrogen (secondary N) is 1. The molecule has 2 saturated heterocycles. The predicted octanol–water partition coefficient (Wildman–Crippen LogP) is -0.677. The van der Waals surface area contributed by atoms with Crippen LogP contribution in [0.1, 0.15) is 25.8 Å². The molecular weight excluding hydrogens is 526 g/mol. The van der Waals surface area contributed by atoms with Gasteiger partial charge in [-0.3, -0.25) is 19.5 Å². The zero-order valence-corrected chi connectivity index (χ0v) is 23.6. The molecule has 41 heavy (non-hydrogen) atoms. The molecule has 3 fully saturated rings. The maximum atomic E-state index is 12.8. The maximum Gasteiger partial charge on any atom is 0.354 e. The molecule has 1 aromatic carbocycles. The lowest BCUT2D eigenvalue weighted by atomic mass is 10.0. The van der Waals surface area contributed by atoms with E-state index in [0.29, 0.717) is 57.3 Å². The highest BCUT2D eigenvalue weighted by atomic mass is 16.2. The Balaban J connectivity index is 1.14. The third-order valence-electron chi connectivity index (χ3n) is 8.45. The smallest absolute Gasteiger partial charge is 0.340 e. The van der Waals surface area contributed by atoms with E-state index in [9.17, 15) is 19.2 Å². The van der Waals surface area contributed by atoms with E-state index in [0.717, 1.165) is 18.5 Å². The van der Waals surface area contributed by atoms with Crippen LogP contribution in [0.5, 0.6) is 0 Å². The monoisotopic (exact) mass is 565 g/mol. The Labute approximate surface area is 238 Å². The van der Waals surface area contributed by atoms with Crippen molar-refractivity contribution in [3.05, 3.63) is 52.6 Å². The molecule has 3 aliphatic rings. The van der Waals surface area contributed by atoms with Crippen molar-refractivity contribution in [1.29, 1.82) is 0 Å². The highest BCUT2D eigenvalue weighted by Gasteiger charge is 2.59. The number of carbonyl (C=O) groups excluding carboxylic acids is 3. The number of piperidine rings is 1. The molecular formula is C28H39N9O4. The number of aromatic nitrogens is 2. The molecule has 2 aromatic rings. The first-order chi connectivity index (χ1) is 19.4. The summed E-state index contributed by atoms with van der Waals surface area (Å²) < 4.78 is 1.37. The van der Waals surface area contributed by atoms with Crippen molar-refractivity contribution in [2.24, 2.45) is 28.5 Å². The van der Waals surface area contributed by atoms with Crippen molar-refractivity contribution in [2.75, 3.05) is 51.1 Å². The molecule has 13 nitrogen and oxygen atoms in total. The van der Waals surface area contributed by atoms with E-state index in [2.05, 4.69) is 10.3 Å². The fraction of sp³-hybridized carbons (Fsp3) is 0.536. The number of anilines is 1. The summed E-state index contributed by atoms with van der Waals surface area (Å²) in [7, 11) is 0. The van der Waals surface area contributed by atoms with E-state index in [-0.39, 0.29) is 23.0 Å². The van der Waals surface area contributed by atoms with E-state index in [1.54, 1.807) is 48.0 Å². The van der Waals surface area contributed by atoms with Gasteiger partial charge in [0.05, 0.1) is 17.3 Å². The number of piperazine rings is 1. The highest BCUT2D eigenvalue weighted by Crippen LogP contribution is 2.56. The Bertz CT molecular complexity index is 1370. The average Bonchev–Trinajstić information content (AvgIpc) is 3.51. The molecule has 1 aliphatic carbocycles. The number of nitrogens with zero attached hydrogens (tertiary/aromatic N) is 5. The number of nitrogens with two attached hydrogens (primary N) is 3. The maximum absolute atomic E-state index is 12.8. The molecule has 2 aliphatic heterocycles. The summed E-state index contributed by atoms with van der Waals surface area (Å²) in [4.78, 5) is 59.7. The molecule has 0 bridgehead atoms. The zero-order chi connectivity index (χ0) is 29.5. The molecule has 4 amide bonds. The number of rotatable bonds is 7. The molecule has 3 atom stereocenters. The summed E-state index contributed by atoms with van der Waals surface area (Å²) in [5, 5.41) is 2.66. The Morgan fingerprint density at radius 3 is 2.32 bits per heavy atom. The third kappa shape index (κ3) is 5.97. The minimum Gasteiger partial charge on any atom is -0.340 e. The van der Waals surface area contributed by atoms with Gasteiger partial charge in [-0.2, -0.15) is 4.98 Å².